The molecule has 1 aromatic heterocycles. The summed E-state index contributed by atoms with van der Waals surface area (Å²) in [5, 5.41) is 0.157. The van der Waals surface area contributed by atoms with Crippen molar-refractivity contribution in [2.24, 2.45) is 0 Å². The van der Waals surface area contributed by atoms with Crippen LogP contribution in [0.25, 0.3) is 10.9 Å². The first-order chi connectivity index (χ1) is 12.9. The summed E-state index contributed by atoms with van der Waals surface area (Å²) < 4.78 is 40.7. The molecule has 0 atom stereocenters. The highest BCUT2D eigenvalue weighted by atomic mass is 19.2. The van der Waals surface area contributed by atoms with Crippen molar-refractivity contribution in [3.8, 4) is 0 Å². The van der Waals surface area contributed by atoms with Crippen molar-refractivity contribution in [3.05, 3.63) is 75.6 Å². The number of hydrogen-bond donors (Lipinski definition) is 1. The van der Waals surface area contributed by atoms with Crippen LogP contribution in [0.2, 0.25) is 0 Å². The highest BCUT2D eigenvalue weighted by Gasteiger charge is 2.14. The van der Waals surface area contributed by atoms with Gasteiger partial charge in [0.1, 0.15) is 11.6 Å². The molecule has 0 unspecified atom stereocenters. The topological polar surface area (TPSA) is 64.0 Å². The summed E-state index contributed by atoms with van der Waals surface area (Å²) in [6.45, 7) is 1.87. The fourth-order valence-corrected chi connectivity index (χ4v) is 2.71. The Kier molecular flexibility index (Phi) is 5.25. The molecule has 1 N–H and O–H groups in total. The number of amides is 1. The van der Waals surface area contributed by atoms with Crippen molar-refractivity contribution >= 4 is 16.8 Å². The number of nitrogens with zero attached hydrogens (tertiary/aromatic N) is 2. The smallest absolute Gasteiger partial charge is 0.273 e. The van der Waals surface area contributed by atoms with E-state index in [0.717, 1.165) is 28.9 Å². The van der Waals surface area contributed by atoms with Crippen LogP contribution in [0.3, 0.4) is 0 Å². The molecule has 2 aromatic carbocycles. The molecule has 0 saturated carbocycles. The highest BCUT2D eigenvalue weighted by Crippen LogP contribution is 2.12. The van der Waals surface area contributed by atoms with E-state index in [-0.39, 0.29) is 28.7 Å². The van der Waals surface area contributed by atoms with E-state index in [1.807, 2.05) is 6.92 Å². The van der Waals surface area contributed by atoms with E-state index in [2.05, 4.69) is 10.4 Å². The molecule has 140 valence electrons. The molecule has 0 saturated heterocycles. The van der Waals surface area contributed by atoms with Crippen molar-refractivity contribution in [2.75, 3.05) is 5.43 Å². The minimum Gasteiger partial charge on any atom is -0.273 e. The zero-order valence-electron chi connectivity index (χ0n) is 14.4. The molecule has 0 bridgehead atoms. The van der Waals surface area contributed by atoms with Crippen LogP contribution in [0.1, 0.15) is 24.7 Å². The van der Waals surface area contributed by atoms with Crippen LogP contribution >= 0.6 is 0 Å². The number of aromatic nitrogens is 2. The Bertz CT molecular complexity index is 1080. The van der Waals surface area contributed by atoms with Crippen molar-refractivity contribution in [3.63, 3.8) is 0 Å². The average molecular weight is 375 g/mol. The second-order valence-electron chi connectivity index (χ2n) is 6.04. The second-order valence-corrected chi connectivity index (χ2v) is 6.04. The van der Waals surface area contributed by atoms with Gasteiger partial charge in [0, 0.05) is 12.5 Å². The Hall–Kier alpha value is -3.16. The minimum atomic E-state index is -1.06. The number of benzene rings is 2. The summed E-state index contributed by atoms with van der Waals surface area (Å²) in [4.78, 5) is 29.3. The Labute approximate surface area is 152 Å². The molecule has 3 rings (SSSR count). The van der Waals surface area contributed by atoms with E-state index < -0.39 is 28.9 Å². The van der Waals surface area contributed by atoms with Crippen molar-refractivity contribution < 1.29 is 18.0 Å². The lowest BCUT2D eigenvalue weighted by Crippen LogP contribution is -2.37. The van der Waals surface area contributed by atoms with Crippen LogP contribution in [0.15, 0.2) is 41.2 Å². The predicted octanol–water partition coefficient (Wildman–Crippen LogP) is 3.08. The molecule has 0 aliphatic carbocycles. The third-order valence-electron chi connectivity index (χ3n) is 3.96. The lowest BCUT2D eigenvalue weighted by molar-refractivity contribution is -0.116. The number of aryl methyl sites for hydroxylation is 1. The van der Waals surface area contributed by atoms with Gasteiger partial charge in [-0.25, -0.2) is 22.8 Å². The molecule has 1 amide bonds. The zero-order valence-corrected chi connectivity index (χ0v) is 14.4. The lowest BCUT2D eigenvalue weighted by Gasteiger charge is -2.14. The Morgan fingerprint density at radius 1 is 1.11 bits per heavy atom. The molecule has 0 radical (unpaired) electrons. The summed E-state index contributed by atoms with van der Waals surface area (Å²) in [6.07, 6.45) is 0.774. The first kappa shape index (κ1) is 18.6. The number of hydrogen-bond acceptors (Lipinski definition) is 3. The summed E-state index contributed by atoms with van der Waals surface area (Å²) in [7, 11) is 0. The van der Waals surface area contributed by atoms with Crippen LogP contribution in [-0.4, -0.2) is 15.6 Å². The molecule has 27 heavy (non-hydrogen) atoms. The number of fused-ring (bicyclic) bond motifs is 1. The Balaban J connectivity index is 1.94. The third-order valence-corrected chi connectivity index (χ3v) is 3.96. The number of rotatable bonds is 5. The number of carbonyl (C=O) groups excluding carboxylic acids is 1. The van der Waals surface area contributed by atoms with Crippen molar-refractivity contribution in [1.82, 2.24) is 9.66 Å². The van der Waals surface area contributed by atoms with Gasteiger partial charge >= 0.3 is 0 Å². The molecule has 3 aromatic rings. The Morgan fingerprint density at radius 2 is 1.89 bits per heavy atom. The third kappa shape index (κ3) is 3.99. The fraction of sp³-hybridized carbons (Fsp3) is 0.211. The van der Waals surface area contributed by atoms with E-state index in [1.54, 1.807) is 0 Å². The molecular formula is C19H16F3N3O2. The van der Waals surface area contributed by atoms with Crippen LogP contribution in [0.5, 0.6) is 0 Å². The molecular weight excluding hydrogens is 359 g/mol. The maximum atomic E-state index is 13.4. The fourth-order valence-electron chi connectivity index (χ4n) is 2.71. The van der Waals surface area contributed by atoms with E-state index >= 15 is 0 Å². The van der Waals surface area contributed by atoms with Gasteiger partial charge in [0.15, 0.2) is 11.6 Å². The van der Waals surface area contributed by atoms with E-state index in [4.69, 9.17) is 0 Å². The summed E-state index contributed by atoms with van der Waals surface area (Å²) in [6, 6.07) is 6.73. The van der Waals surface area contributed by atoms with E-state index in [1.165, 1.54) is 12.1 Å². The van der Waals surface area contributed by atoms with Crippen molar-refractivity contribution in [2.45, 2.75) is 26.2 Å². The average Bonchev–Trinajstić information content (AvgIpc) is 2.61. The molecule has 0 fully saturated rings. The van der Waals surface area contributed by atoms with Gasteiger partial charge in [0.25, 0.3) is 5.56 Å². The monoisotopic (exact) mass is 375 g/mol. The van der Waals surface area contributed by atoms with Crippen LogP contribution in [0.4, 0.5) is 13.2 Å². The standard InChI is InChI=1S/C19H16F3N3O2/c1-2-3-17-23-16-10-12(20)5-6-13(16)19(27)25(17)24-18(26)9-11-4-7-14(21)15(22)8-11/h4-8,10H,2-3,9H2,1H3,(H,24,26). The first-order valence-electron chi connectivity index (χ1n) is 8.34. The number of carbonyl (C=O) groups is 1. The summed E-state index contributed by atoms with van der Waals surface area (Å²) >= 11 is 0. The maximum Gasteiger partial charge on any atom is 0.280 e. The minimum absolute atomic E-state index is 0.157. The van der Waals surface area contributed by atoms with Gasteiger partial charge < -0.3 is 0 Å². The molecule has 0 aliphatic rings. The van der Waals surface area contributed by atoms with Gasteiger partial charge in [-0.1, -0.05) is 13.0 Å². The van der Waals surface area contributed by atoms with Crippen LogP contribution < -0.4 is 11.0 Å². The summed E-state index contributed by atoms with van der Waals surface area (Å²) in [5.74, 6) is -2.90. The van der Waals surface area contributed by atoms with Gasteiger partial charge in [0.05, 0.1) is 17.3 Å². The molecule has 0 spiro atoms. The molecule has 8 heteroatoms. The number of halogens is 3. The van der Waals surface area contributed by atoms with Crippen LogP contribution in [0, 0.1) is 17.5 Å². The number of nitrogens with one attached hydrogen (secondary N) is 1. The summed E-state index contributed by atoms with van der Waals surface area (Å²) in [5.41, 5.74) is 2.37. The molecule has 5 nitrogen and oxygen atoms in total. The van der Waals surface area contributed by atoms with Gasteiger partial charge in [-0.3, -0.25) is 15.0 Å². The van der Waals surface area contributed by atoms with Crippen molar-refractivity contribution in [1.29, 1.82) is 0 Å². The van der Waals surface area contributed by atoms with E-state index in [9.17, 15) is 22.8 Å². The van der Waals surface area contributed by atoms with Gasteiger partial charge in [0.2, 0.25) is 5.91 Å². The van der Waals surface area contributed by atoms with Gasteiger partial charge in [-0.15, -0.1) is 0 Å². The maximum absolute atomic E-state index is 13.4. The predicted molar refractivity (Wildman–Crippen MR) is 94.4 cm³/mol. The van der Waals surface area contributed by atoms with Gasteiger partial charge in [-0.05, 0) is 36.2 Å². The normalized spacial score (nSPS) is 11.0. The quantitative estimate of drug-likeness (QED) is 0.745. The lowest BCUT2D eigenvalue weighted by atomic mass is 10.1. The van der Waals surface area contributed by atoms with E-state index in [0.29, 0.717) is 12.8 Å². The second kappa shape index (κ2) is 7.61. The largest absolute Gasteiger partial charge is 0.280 e. The van der Waals surface area contributed by atoms with Gasteiger partial charge in [-0.2, -0.15) is 0 Å². The molecule has 1 heterocycles. The Morgan fingerprint density at radius 3 is 2.59 bits per heavy atom. The SMILES string of the molecule is CCCc1nc2cc(F)ccc2c(=O)n1NC(=O)Cc1ccc(F)c(F)c1. The first-order valence-corrected chi connectivity index (χ1v) is 8.34. The zero-order chi connectivity index (χ0) is 19.6. The van der Waals surface area contributed by atoms with Crippen LogP contribution in [-0.2, 0) is 17.6 Å². The highest BCUT2D eigenvalue weighted by molar-refractivity contribution is 5.86. The molecule has 0 aliphatic heterocycles.